The van der Waals surface area contributed by atoms with Gasteiger partial charge < -0.3 is 5.73 Å². The van der Waals surface area contributed by atoms with E-state index in [-0.39, 0.29) is 5.84 Å². The zero-order valence-corrected chi connectivity index (χ0v) is 13.7. The molecule has 6 nitrogen and oxygen atoms in total. The summed E-state index contributed by atoms with van der Waals surface area (Å²) < 4.78 is 0. The average Bonchev–Trinajstić information content (AvgIpc) is 3.18. The minimum absolute atomic E-state index is 0.0369. The van der Waals surface area contributed by atoms with Gasteiger partial charge in [-0.1, -0.05) is 24.3 Å². The van der Waals surface area contributed by atoms with Crippen molar-refractivity contribution < 1.29 is 0 Å². The highest BCUT2D eigenvalue weighted by molar-refractivity contribution is 6.15. The summed E-state index contributed by atoms with van der Waals surface area (Å²) in [6.07, 6.45) is 0. The molecule has 124 valence electrons. The fourth-order valence-corrected chi connectivity index (χ4v) is 3.49. The lowest BCUT2D eigenvalue weighted by molar-refractivity contribution is 0.881. The smallest absolute Gasteiger partial charge is 0.205 e. The van der Waals surface area contributed by atoms with Gasteiger partial charge in [0.1, 0.15) is 5.84 Å². The van der Waals surface area contributed by atoms with Gasteiger partial charge in [0.05, 0.1) is 0 Å². The molecule has 1 aromatic heterocycles. The SMILES string of the molecule is N=C(N)c1ccc(-c2nn[nH]n2)c2cc3cc4ccccc4cc3cc12. The van der Waals surface area contributed by atoms with Gasteiger partial charge in [0.15, 0.2) is 0 Å². The van der Waals surface area contributed by atoms with Crippen LogP contribution >= 0.6 is 0 Å². The molecule has 0 aliphatic heterocycles. The Hall–Kier alpha value is -3.80. The van der Waals surface area contributed by atoms with Gasteiger partial charge in [-0.05, 0) is 73.9 Å². The second kappa shape index (κ2) is 5.35. The number of tetrazole rings is 1. The molecule has 0 spiro atoms. The molecular weight excluding hydrogens is 324 g/mol. The Morgan fingerprint density at radius 3 is 2.15 bits per heavy atom. The van der Waals surface area contributed by atoms with Crippen molar-refractivity contribution in [3.63, 3.8) is 0 Å². The third-order valence-corrected chi connectivity index (χ3v) is 4.71. The number of aromatic nitrogens is 4. The predicted octanol–water partition coefficient (Wildman–Crippen LogP) is 3.61. The molecule has 0 amide bonds. The molecule has 26 heavy (non-hydrogen) atoms. The van der Waals surface area contributed by atoms with E-state index in [1.807, 2.05) is 24.3 Å². The normalized spacial score (nSPS) is 11.4. The molecule has 0 unspecified atom stereocenters. The average molecular weight is 338 g/mol. The standard InChI is InChI=1S/C20H14N6/c21-19(22)15-5-6-16(20-23-25-26-24-20)18-10-14-8-12-4-2-1-3-11(12)7-13(14)9-17(15)18/h1-10H,(H3,21,22)(H,23,24,25,26). The quantitative estimate of drug-likeness (QED) is 0.260. The highest BCUT2D eigenvalue weighted by Gasteiger charge is 2.14. The molecule has 0 saturated carbocycles. The lowest BCUT2D eigenvalue weighted by Gasteiger charge is -2.11. The Bertz CT molecular complexity index is 1300. The van der Waals surface area contributed by atoms with E-state index in [0.717, 1.165) is 27.1 Å². The highest BCUT2D eigenvalue weighted by Crippen LogP contribution is 2.33. The number of hydrogen-bond donors (Lipinski definition) is 3. The van der Waals surface area contributed by atoms with Crippen molar-refractivity contribution in [1.82, 2.24) is 20.6 Å². The molecule has 4 aromatic carbocycles. The zero-order chi connectivity index (χ0) is 17.7. The predicted molar refractivity (Wildman–Crippen MR) is 103 cm³/mol. The minimum Gasteiger partial charge on any atom is -0.384 e. The van der Waals surface area contributed by atoms with Crippen molar-refractivity contribution >= 4 is 38.2 Å². The van der Waals surface area contributed by atoms with Crippen molar-refractivity contribution in [3.05, 3.63) is 66.2 Å². The number of nitrogen functional groups attached to an aromatic ring is 1. The van der Waals surface area contributed by atoms with Gasteiger partial charge in [0, 0.05) is 11.1 Å². The Kier molecular flexibility index (Phi) is 2.99. The number of nitrogens with one attached hydrogen (secondary N) is 2. The van der Waals surface area contributed by atoms with Crippen molar-refractivity contribution in [2.75, 3.05) is 0 Å². The number of H-pyrrole nitrogens is 1. The second-order valence-corrected chi connectivity index (χ2v) is 6.25. The number of aromatic amines is 1. The molecule has 4 N–H and O–H groups in total. The molecule has 6 heteroatoms. The van der Waals surface area contributed by atoms with E-state index < -0.39 is 0 Å². The molecule has 0 aliphatic rings. The first-order chi connectivity index (χ1) is 12.7. The summed E-state index contributed by atoms with van der Waals surface area (Å²) >= 11 is 0. The molecule has 0 bridgehead atoms. The minimum atomic E-state index is 0.0369. The van der Waals surface area contributed by atoms with E-state index in [0.29, 0.717) is 11.4 Å². The third kappa shape index (κ3) is 2.12. The number of nitrogens with zero attached hydrogens (tertiary/aromatic N) is 3. The zero-order valence-electron chi connectivity index (χ0n) is 13.7. The first-order valence-corrected chi connectivity index (χ1v) is 8.18. The monoisotopic (exact) mass is 338 g/mol. The van der Waals surface area contributed by atoms with Crippen molar-refractivity contribution in [2.24, 2.45) is 5.73 Å². The van der Waals surface area contributed by atoms with Crippen molar-refractivity contribution in [2.45, 2.75) is 0 Å². The lowest BCUT2D eigenvalue weighted by Crippen LogP contribution is -2.11. The van der Waals surface area contributed by atoms with Crippen LogP contribution in [-0.2, 0) is 0 Å². The number of hydrogen-bond acceptors (Lipinski definition) is 4. The molecule has 0 radical (unpaired) electrons. The van der Waals surface area contributed by atoms with Crippen molar-refractivity contribution in [1.29, 1.82) is 5.41 Å². The molecule has 5 rings (SSSR count). The van der Waals surface area contributed by atoms with Gasteiger partial charge in [-0.15, -0.1) is 10.2 Å². The van der Waals surface area contributed by atoms with Crippen LogP contribution in [0, 0.1) is 5.41 Å². The Labute approximate surface area is 148 Å². The summed E-state index contributed by atoms with van der Waals surface area (Å²) in [5, 5.41) is 28.7. The Morgan fingerprint density at radius 1 is 0.846 bits per heavy atom. The van der Waals surface area contributed by atoms with E-state index in [9.17, 15) is 0 Å². The number of rotatable bonds is 2. The summed E-state index contributed by atoms with van der Waals surface area (Å²) in [5.41, 5.74) is 7.37. The van der Waals surface area contributed by atoms with E-state index >= 15 is 0 Å². The van der Waals surface area contributed by atoms with Crippen LogP contribution in [0.3, 0.4) is 0 Å². The van der Waals surface area contributed by atoms with E-state index in [2.05, 4.69) is 57.0 Å². The summed E-state index contributed by atoms with van der Waals surface area (Å²) in [4.78, 5) is 0. The van der Waals surface area contributed by atoms with Gasteiger partial charge in [0.25, 0.3) is 0 Å². The summed E-state index contributed by atoms with van der Waals surface area (Å²) in [5.74, 6) is 0.556. The third-order valence-electron chi connectivity index (χ3n) is 4.71. The van der Waals surface area contributed by atoms with E-state index in [1.54, 1.807) is 0 Å². The fraction of sp³-hybridized carbons (Fsp3) is 0. The maximum atomic E-state index is 7.93. The molecule has 0 atom stereocenters. The van der Waals surface area contributed by atoms with Crippen LogP contribution in [0.5, 0.6) is 0 Å². The fourth-order valence-electron chi connectivity index (χ4n) is 3.49. The number of fused-ring (bicyclic) bond motifs is 3. The first-order valence-electron chi connectivity index (χ1n) is 8.18. The van der Waals surface area contributed by atoms with Crippen LogP contribution < -0.4 is 5.73 Å². The van der Waals surface area contributed by atoms with Crippen LogP contribution in [0.25, 0.3) is 43.7 Å². The van der Waals surface area contributed by atoms with Crippen LogP contribution in [0.15, 0.2) is 60.7 Å². The number of nitrogens with two attached hydrogens (primary N) is 1. The molecule has 0 saturated heterocycles. The molecule has 0 aliphatic carbocycles. The van der Waals surface area contributed by atoms with E-state index in [4.69, 9.17) is 11.1 Å². The van der Waals surface area contributed by atoms with E-state index in [1.165, 1.54) is 10.8 Å². The Morgan fingerprint density at radius 2 is 1.54 bits per heavy atom. The van der Waals surface area contributed by atoms with Crippen LogP contribution in [-0.4, -0.2) is 26.5 Å². The van der Waals surface area contributed by atoms with Gasteiger partial charge in [0.2, 0.25) is 5.82 Å². The van der Waals surface area contributed by atoms with Gasteiger partial charge in [-0.25, -0.2) is 0 Å². The summed E-state index contributed by atoms with van der Waals surface area (Å²) in [6.45, 7) is 0. The van der Waals surface area contributed by atoms with Crippen LogP contribution in [0.4, 0.5) is 0 Å². The van der Waals surface area contributed by atoms with Gasteiger partial charge >= 0.3 is 0 Å². The highest BCUT2D eigenvalue weighted by atomic mass is 15.5. The van der Waals surface area contributed by atoms with Crippen molar-refractivity contribution in [3.8, 4) is 11.4 Å². The lowest BCUT2D eigenvalue weighted by atomic mass is 9.94. The molecule has 5 aromatic rings. The summed E-state index contributed by atoms with van der Waals surface area (Å²) in [6, 6.07) is 20.5. The maximum absolute atomic E-state index is 7.93. The summed E-state index contributed by atoms with van der Waals surface area (Å²) in [7, 11) is 0. The largest absolute Gasteiger partial charge is 0.384 e. The van der Waals surface area contributed by atoms with Crippen LogP contribution in [0.1, 0.15) is 5.56 Å². The topological polar surface area (TPSA) is 104 Å². The number of amidine groups is 1. The molecular formula is C20H14N6. The Balaban J connectivity index is 1.94. The molecule has 1 heterocycles. The van der Waals surface area contributed by atoms with Gasteiger partial charge in [-0.3, -0.25) is 5.41 Å². The molecule has 0 fully saturated rings. The maximum Gasteiger partial charge on any atom is 0.205 e. The second-order valence-electron chi connectivity index (χ2n) is 6.25. The van der Waals surface area contributed by atoms with Crippen LogP contribution in [0.2, 0.25) is 0 Å². The first kappa shape index (κ1) is 14.5. The van der Waals surface area contributed by atoms with Gasteiger partial charge in [-0.2, -0.15) is 5.21 Å². The number of benzene rings is 4.